The number of rotatable bonds is 4. The van der Waals surface area contributed by atoms with E-state index in [1.807, 2.05) is 32.3 Å². The first-order valence-corrected chi connectivity index (χ1v) is 10.4. The molecule has 0 amide bonds. The van der Waals surface area contributed by atoms with Crippen molar-refractivity contribution in [2.75, 3.05) is 6.54 Å². The van der Waals surface area contributed by atoms with Crippen LogP contribution in [-0.2, 0) is 7.05 Å². The summed E-state index contributed by atoms with van der Waals surface area (Å²) in [5, 5.41) is 13.9. The maximum atomic E-state index is 9.80. The van der Waals surface area contributed by atoms with E-state index in [1.54, 1.807) is 0 Å². The van der Waals surface area contributed by atoms with Gasteiger partial charge in [0.05, 0.1) is 16.6 Å². The molecule has 154 valence electrons. The molecule has 5 rings (SSSR count). The van der Waals surface area contributed by atoms with E-state index in [2.05, 4.69) is 57.1 Å². The van der Waals surface area contributed by atoms with Crippen LogP contribution in [0.5, 0.6) is 5.75 Å². The van der Waals surface area contributed by atoms with Crippen LogP contribution < -0.4 is 10.1 Å². The standard InChI is InChI=1S/C24H26N4O2/c1-14(18-12-24(29)26-13-18)30-23-11-17(10-20-19(23)5-4-8-25-20)16-6-7-22-21(9-16)27-15(2)28(22)3/h4-11,14,18,24,26,29H,12-13H2,1-3H3. The van der Waals surface area contributed by atoms with Crippen molar-refractivity contribution >= 4 is 21.9 Å². The summed E-state index contributed by atoms with van der Waals surface area (Å²) in [6, 6.07) is 14.5. The summed E-state index contributed by atoms with van der Waals surface area (Å²) in [5.74, 6) is 2.08. The fourth-order valence-electron chi connectivity index (χ4n) is 4.31. The third-order valence-electron chi connectivity index (χ3n) is 6.24. The Balaban J connectivity index is 1.56. The van der Waals surface area contributed by atoms with E-state index in [9.17, 15) is 5.11 Å². The first-order valence-electron chi connectivity index (χ1n) is 10.4. The van der Waals surface area contributed by atoms with E-state index >= 15 is 0 Å². The highest BCUT2D eigenvalue weighted by Crippen LogP contribution is 2.34. The number of aromatic nitrogens is 3. The molecule has 2 aromatic carbocycles. The first kappa shape index (κ1) is 19.0. The zero-order chi connectivity index (χ0) is 20.8. The molecule has 0 aliphatic carbocycles. The molecule has 6 nitrogen and oxygen atoms in total. The normalized spacial score (nSPS) is 20.1. The van der Waals surface area contributed by atoms with Crippen molar-refractivity contribution in [3.8, 4) is 16.9 Å². The molecular weight excluding hydrogens is 376 g/mol. The van der Waals surface area contributed by atoms with E-state index < -0.39 is 6.23 Å². The van der Waals surface area contributed by atoms with Crippen LogP contribution in [0.1, 0.15) is 19.2 Å². The largest absolute Gasteiger partial charge is 0.490 e. The molecule has 3 atom stereocenters. The Morgan fingerprint density at radius 2 is 2.00 bits per heavy atom. The number of aryl methyl sites for hydroxylation is 2. The molecular formula is C24H26N4O2. The highest BCUT2D eigenvalue weighted by atomic mass is 16.5. The minimum Gasteiger partial charge on any atom is -0.490 e. The van der Waals surface area contributed by atoms with Crippen molar-refractivity contribution in [2.45, 2.75) is 32.6 Å². The van der Waals surface area contributed by atoms with Crippen molar-refractivity contribution in [3.63, 3.8) is 0 Å². The molecule has 0 saturated carbocycles. The van der Waals surface area contributed by atoms with Gasteiger partial charge in [-0.1, -0.05) is 6.07 Å². The van der Waals surface area contributed by atoms with Gasteiger partial charge in [0.15, 0.2) is 0 Å². The maximum Gasteiger partial charge on any atom is 0.129 e. The minimum absolute atomic E-state index is 0.0192. The lowest BCUT2D eigenvalue weighted by atomic mass is 10.0. The number of nitrogens with zero attached hydrogens (tertiary/aromatic N) is 3. The third kappa shape index (κ3) is 3.32. The van der Waals surface area contributed by atoms with E-state index in [4.69, 9.17) is 4.74 Å². The summed E-state index contributed by atoms with van der Waals surface area (Å²) in [6.45, 7) is 4.84. The lowest BCUT2D eigenvalue weighted by Crippen LogP contribution is -2.25. The second-order valence-electron chi connectivity index (χ2n) is 8.21. The van der Waals surface area contributed by atoms with Crippen LogP contribution in [0.4, 0.5) is 0 Å². The summed E-state index contributed by atoms with van der Waals surface area (Å²) in [4.78, 5) is 9.25. The van der Waals surface area contributed by atoms with Crippen molar-refractivity contribution in [1.29, 1.82) is 0 Å². The molecule has 0 radical (unpaired) electrons. The van der Waals surface area contributed by atoms with Gasteiger partial charge in [-0.3, -0.25) is 10.3 Å². The number of ether oxygens (including phenoxy) is 1. The van der Waals surface area contributed by atoms with Gasteiger partial charge >= 0.3 is 0 Å². The Morgan fingerprint density at radius 1 is 1.17 bits per heavy atom. The molecule has 6 heteroatoms. The monoisotopic (exact) mass is 402 g/mol. The van der Waals surface area contributed by atoms with Crippen LogP contribution in [0.3, 0.4) is 0 Å². The van der Waals surface area contributed by atoms with E-state index in [-0.39, 0.29) is 12.0 Å². The van der Waals surface area contributed by atoms with Gasteiger partial charge in [-0.05, 0) is 67.8 Å². The fraction of sp³-hybridized carbons (Fsp3) is 0.333. The molecule has 0 bridgehead atoms. The highest BCUT2D eigenvalue weighted by molar-refractivity contribution is 5.91. The molecule has 1 aliphatic rings. The number of fused-ring (bicyclic) bond motifs is 2. The lowest BCUT2D eigenvalue weighted by Gasteiger charge is -2.22. The van der Waals surface area contributed by atoms with Crippen LogP contribution in [0.2, 0.25) is 0 Å². The van der Waals surface area contributed by atoms with Gasteiger partial charge < -0.3 is 14.4 Å². The van der Waals surface area contributed by atoms with Gasteiger partial charge in [0.2, 0.25) is 0 Å². The number of pyridine rings is 1. The van der Waals surface area contributed by atoms with Crippen LogP contribution >= 0.6 is 0 Å². The second-order valence-corrected chi connectivity index (χ2v) is 8.21. The maximum absolute atomic E-state index is 9.80. The Bertz CT molecular complexity index is 1230. The molecule has 1 saturated heterocycles. The molecule has 2 aromatic heterocycles. The van der Waals surface area contributed by atoms with Crippen molar-refractivity contribution < 1.29 is 9.84 Å². The van der Waals surface area contributed by atoms with Crippen molar-refractivity contribution in [1.82, 2.24) is 19.9 Å². The topological polar surface area (TPSA) is 72.2 Å². The third-order valence-corrected chi connectivity index (χ3v) is 6.24. The molecule has 30 heavy (non-hydrogen) atoms. The molecule has 3 heterocycles. The van der Waals surface area contributed by atoms with Gasteiger partial charge in [0.25, 0.3) is 0 Å². The number of nitrogens with one attached hydrogen (secondary N) is 1. The summed E-state index contributed by atoms with van der Waals surface area (Å²) in [7, 11) is 2.03. The van der Waals surface area contributed by atoms with E-state index in [0.29, 0.717) is 6.42 Å². The number of aliphatic hydroxyl groups excluding tert-OH is 1. The molecule has 0 spiro atoms. The second kappa shape index (κ2) is 7.38. The van der Waals surface area contributed by atoms with Gasteiger partial charge in [0.1, 0.15) is 23.9 Å². The number of aliphatic hydroxyl groups is 1. The molecule has 3 unspecified atom stereocenters. The van der Waals surface area contributed by atoms with Crippen LogP contribution in [0.25, 0.3) is 33.1 Å². The SMILES string of the molecule is Cc1nc2cc(-c3cc(OC(C)C4CNC(O)C4)c4cccnc4c3)ccc2n1C. The van der Waals surface area contributed by atoms with Gasteiger partial charge in [-0.15, -0.1) is 0 Å². The lowest BCUT2D eigenvalue weighted by molar-refractivity contribution is 0.128. The van der Waals surface area contributed by atoms with Crippen LogP contribution in [-0.4, -0.2) is 38.5 Å². The van der Waals surface area contributed by atoms with Gasteiger partial charge in [-0.2, -0.15) is 0 Å². The zero-order valence-electron chi connectivity index (χ0n) is 17.5. The number of hydrogen-bond donors (Lipinski definition) is 2. The molecule has 4 aromatic rings. The quantitative estimate of drug-likeness (QED) is 0.543. The summed E-state index contributed by atoms with van der Waals surface area (Å²) >= 11 is 0. The summed E-state index contributed by atoms with van der Waals surface area (Å²) < 4.78 is 8.52. The van der Waals surface area contributed by atoms with Crippen LogP contribution in [0.15, 0.2) is 48.7 Å². The van der Waals surface area contributed by atoms with Crippen molar-refractivity contribution in [2.24, 2.45) is 13.0 Å². The summed E-state index contributed by atoms with van der Waals surface area (Å²) in [5.41, 5.74) is 5.14. The van der Waals surface area contributed by atoms with E-state index in [1.165, 1.54) is 0 Å². The predicted molar refractivity (Wildman–Crippen MR) is 118 cm³/mol. The predicted octanol–water partition coefficient (Wildman–Crippen LogP) is 3.79. The zero-order valence-corrected chi connectivity index (χ0v) is 17.5. The smallest absolute Gasteiger partial charge is 0.129 e. The minimum atomic E-state index is -0.445. The van der Waals surface area contributed by atoms with Gasteiger partial charge in [0, 0.05) is 31.1 Å². The molecule has 1 aliphatic heterocycles. The number of imidazole rings is 1. The number of benzene rings is 2. The highest BCUT2D eigenvalue weighted by Gasteiger charge is 2.28. The Hall–Kier alpha value is -2.96. The van der Waals surface area contributed by atoms with Crippen molar-refractivity contribution in [3.05, 3.63) is 54.5 Å². The molecule has 1 fully saturated rings. The average molecular weight is 402 g/mol. The Morgan fingerprint density at radius 3 is 2.80 bits per heavy atom. The molecule has 2 N–H and O–H groups in total. The Kier molecular flexibility index (Phi) is 4.68. The summed E-state index contributed by atoms with van der Waals surface area (Å²) in [6.07, 6.45) is 2.04. The van der Waals surface area contributed by atoms with Gasteiger partial charge in [-0.25, -0.2) is 4.98 Å². The fourth-order valence-corrected chi connectivity index (χ4v) is 4.31. The first-order chi connectivity index (χ1) is 14.5. The van der Waals surface area contributed by atoms with Crippen LogP contribution in [0, 0.1) is 12.8 Å². The number of hydrogen-bond acceptors (Lipinski definition) is 5. The Labute approximate surface area is 175 Å². The average Bonchev–Trinajstić information content (AvgIpc) is 3.30. The van der Waals surface area contributed by atoms with E-state index in [0.717, 1.165) is 51.2 Å².